The van der Waals surface area contributed by atoms with Crippen molar-refractivity contribution in [2.45, 2.75) is 42.5 Å². The Balaban J connectivity index is 2.34. The third-order valence-corrected chi connectivity index (χ3v) is 4.44. The van der Waals surface area contributed by atoms with Crippen LogP contribution in [0, 0.1) is 5.82 Å². The molecule has 0 aliphatic carbocycles. The van der Waals surface area contributed by atoms with Crippen LogP contribution >= 0.6 is 11.8 Å². The van der Waals surface area contributed by atoms with Crippen molar-refractivity contribution in [1.82, 2.24) is 9.55 Å². The first-order valence-corrected chi connectivity index (χ1v) is 7.94. The number of aliphatic hydroxyl groups excluding tert-OH is 1. The zero-order valence-electron chi connectivity index (χ0n) is 12.6. The van der Waals surface area contributed by atoms with Crippen LogP contribution < -0.4 is 0 Å². The summed E-state index contributed by atoms with van der Waals surface area (Å²) in [5.41, 5.74) is 1.03. The number of hydrogen-bond acceptors (Lipinski definition) is 3. The Labute approximate surface area is 129 Å². The standard InChI is InChI=1S/C16H21FN2OS/c1-11(2)15-16(19(3)14(18-15)8-5-9-20)21-13-7-4-6-12(17)10-13/h4,6-7,10-11,20H,5,8-9H2,1-3H3. The van der Waals surface area contributed by atoms with Crippen LogP contribution in [0.5, 0.6) is 0 Å². The summed E-state index contributed by atoms with van der Waals surface area (Å²) in [7, 11) is 1.98. The molecule has 1 aromatic heterocycles. The number of halogens is 1. The lowest BCUT2D eigenvalue weighted by Crippen LogP contribution is -2.00. The Morgan fingerprint density at radius 3 is 2.76 bits per heavy atom. The van der Waals surface area contributed by atoms with Crippen LogP contribution in [0.1, 0.15) is 37.7 Å². The molecule has 0 saturated heterocycles. The van der Waals surface area contributed by atoms with Gasteiger partial charge in [0.1, 0.15) is 16.7 Å². The van der Waals surface area contributed by atoms with E-state index in [1.807, 2.05) is 13.1 Å². The van der Waals surface area contributed by atoms with Gasteiger partial charge >= 0.3 is 0 Å². The van der Waals surface area contributed by atoms with Crippen molar-refractivity contribution in [1.29, 1.82) is 0 Å². The maximum absolute atomic E-state index is 13.3. The summed E-state index contributed by atoms with van der Waals surface area (Å²) in [6.07, 6.45) is 1.45. The summed E-state index contributed by atoms with van der Waals surface area (Å²) < 4.78 is 15.4. The second kappa shape index (κ2) is 7.09. The van der Waals surface area contributed by atoms with E-state index >= 15 is 0 Å². The number of nitrogens with zero attached hydrogens (tertiary/aromatic N) is 2. The number of rotatable bonds is 6. The van der Waals surface area contributed by atoms with E-state index in [1.165, 1.54) is 23.9 Å². The zero-order valence-corrected chi connectivity index (χ0v) is 13.5. The highest BCUT2D eigenvalue weighted by Crippen LogP contribution is 2.34. The van der Waals surface area contributed by atoms with E-state index in [1.54, 1.807) is 6.07 Å². The van der Waals surface area contributed by atoms with Crippen LogP contribution in [0.2, 0.25) is 0 Å². The third-order valence-electron chi connectivity index (χ3n) is 3.28. The summed E-state index contributed by atoms with van der Waals surface area (Å²) in [5.74, 6) is 1.04. The number of hydrogen-bond donors (Lipinski definition) is 1. The lowest BCUT2D eigenvalue weighted by Gasteiger charge is -2.08. The average molecular weight is 308 g/mol. The van der Waals surface area contributed by atoms with Crippen LogP contribution in [-0.2, 0) is 13.5 Å². The third kappa shape index (κ3) is 3.86. The molecule has 0 saturated carbocycles. The minimum absolute atomic E-state index is 0.163. The molecule has 0 radical (unpaired) electrons. The van der Waals surface area contributed by atoms with Gasteiger partial charge in [0.05, 0.1) is 5.69 Å². The Morgan fingerprint density at radius 1 is 1.38 bits per heavy atom. The molecular formula is C16H21FN2OS. The fourth-order valence-corrected chi connectivity index (χ4v) is 3.32. The molecule has 0 spiro atoms. The number of aryl methyl sites for hydroxylation is 1. The molecule has 0 aliphatic rings. The minimum atomic E-state index is -0.228. The van der Waals surface area contributed by atoms with Gasteiger partial charge in [-0.3, -0.25) is 0 Å². The quantitative estimate of drug-likeness (QED) is 0.883. The molecule has 1 N–H and O–H groups in total. The van der Waals surface area contributed by atoms with E-state index in [9.17, 15) is 4.39 Å². The first-order valence-electron chi connectivity index (χ1n) is 7.12. The smallest absolute Gasteiger partial charge is 0.124 e. The molecule has 1 aromatic carbocycles. The van der Waals surface area contributed by atoms with E-state index in [-0.39, 0.29) is 12.4 Å². The largest absolute Gasteiger partial charge is 0.396 e. The van der Waals surface area contributed by atoms with Gasteiger partial charge in [0.15, 0.2) is 0 Å². The number of aromatic nitrogens is 2. The van der Waals surface area contributed by atoms with Gasteiger partial charge in [-0.2, -0.15) is 0 Å². The predicted molar refractivity (Wildman–Crippen MR) is 83.2 cm³/mol. The normalized spacial score (nSPS) is 11.3. The summed E-state index contributed by atoms with van der Waals surface area (Å²) >= 11 is 1.54. The van der Waals surface area contributed by atoms with E-state index in [0.717, 1.165) is 27.9 Å². The monoisotopic (exact) mass is 308 g/mol. The van der Waals surface area contributed by atoms with Crippen molar-refractivity contribution in [3.63, 3.8) is 0 Å². The second-order valence-corrected chi connectivity index (χ2v) is 6.38. The Morgan fingerprint density at radius 2 is 2.14 bits per heavy atom. The van der Waals surface area contributed by atoms with Gasteiger partial charge < -0.3 is 9.67 Å². The van der Waals surface area contributed by atoms with E-state index in [2.05, 4.69) is 18.4 Å². The van der Waals surface area contributed by atoms with Crippen molar-refractivity contribution in [2.24, 2.45) is 7.05 Å². The molecule has 0 bridgehead atoms. The number of benzene rings is 1. The van der Waals surface area contributed by atoms with Gasteiger partial charge in [0.2, 0.25) is 0 Å². The molecule has 2 rings (SSSR count). The SMILES string of the molecule is CC(C)c1nc(CCCO)n(C)c1Sc1cccc(F)c1. The number of aliphatic hydroxyl groups is 1. The van der Waals surface area contributed by atoms with E-state index in [0.29, 0.717) is 12.3 Å². The fraction of sp³-hybridized carbons (Fsp3) is 0.438. The maximum atomic E-state index is 13.3. The Hall–Kier alpha value is -1.33. The van der Waals surface area contributed by atoms with Crippen molar-refractivity contribution in [3.8, 4) is 0 Å². The molecule has 21 heavy (non-hydrogen) atoms. The van der Waals surface area contributed by atoms with Crippen LogP contribution in [0.15, 0.2) is 34.2 Å². The minimum Gasteiger partial charge on any atom is -0.396 e. The lowest BCUT2D eigenvalue weighted by molar-refractivity contribution is 0.287. The van der Waals surface area contributed by atoms with Crippen LogP contribution in [0.4, 0.5) is 4.39 Å². The highest BCUT2D eigenvalue weighted by molar-refractivity contribution is 7.99. The first-order chi connectivity index (χ1) is 10.0. The molecule has 0 fully saturated rings. The summed E-state index contributed by atoms with van der Waals surface area (Å²) in [6, 6.07) is 6.60. The molecule has 0 amide bonds. The van der Waals surface area contributed by atoms with Crippen molar-refractivity contribution in [3.05, 3.63) is 41.6 Å². The molecule has 5 heteroatoms. The predicted octanol–water partition coefficient (Wildman–Crippen LogP) is 3.76. The topological polar surface area (TPSA) is 38.1 Å². The Bertz CT molecular complexity index is 610. The first kappa shape index (κ1) is 16.0. The van der Waals surface area contributed by atoms with Crippen molar-refractivity contribution >= 4 is 11.8 Å². The van der Waals surface area contributed by atoms with Gasteiger partial charge in [-0.25, -0.2) is 9.37 Å². The zero-order chi connectivity index (χ0) is 15.4. The molecule has 1 heterocycles. The number of imidazole rings is 1. The van der Waals surface area contributed by atoms with E-state index in [4.69, 9.17) is 10.1 Å². The summed E-state index contributed by atoms with van der Waals surface area (Å²) in [4.78, 5) is 5.57. The lowest BCUT2D eigenvalue weighted by atomic mass is 10.1. The molecule has 0 unspecified atom stereocenters. The molecule has 2 aromatic rings. The highest BCUT2D eigenvalue weighted by Gasteiger charge is 2.18. The van der Waals surface area contributed by atoms with Gasteiger partial charge in [0, 0.05) is 25.0 Å². The molecule has 3 nitrogen and oxygen atoms in total. The second-order valence-electron chi connectivity index (χ2n) is 5.32. The van der Waals surface area contributed by atoms with Crippen LogP contribution in [0.25, 0.3) is 0 Å². The summed E-state index contributed by atoms with van der Waals surface area (Å²) in [5, 5.41) is 10.0. The molecule has 114 valence electrons. The van der Waals surface area contributed by atoms with Crippen LogP contribution in [0.3, 0.4) is 0 Å². The molecule has 0 atom stereocenters. The van der Waals surface area contributed by atoms with Crippen LogP contribution in [-0.4, -0.2) is 21.3 Å². The van der Waals surface area contributed by atoms with Gasteiger partial charge in [-0.05, 0) is 30.5 Å². The van der Waals surface area contributed by atoms with E-state index < -0.39 is 0 Å². The molecule has 0 aliphatic heterocycles. The molecular weight excluding hydrogens is 287 g/mol. The van der Waals surface area contributed by atoms with Gasteiger partial charge in [0.25, 0.3) is 0 Å². The van der Waals surface area contributed by atoms with Crippen molar-refractivity contribution in [2.75, 3.05) is 6.61 Å². The highest BCUT2D eigenvalue weighted by atomic mass is 32.2. The van der Waals surface area contributed by atoms with Crippen molar-refractivity contribution < 1.29 is 9.50 Å². The average Bonchev–Trinajstić information content (AvgIpc) is 2.74. The fourth-order valence-electron chi connectivity index (χ4n) is 2.15. The van der Waals surface area contributed by atoms with Gasteiger partial charge in [-0.15, -0.1) is 0 Å². The summed E-state index contributed by atoms with van der Waals surface area (Å²) in [6.45, 7) is 4.37. The van der Waals surface area contributed by atoms with Gasteiger partial charge in [-0.1, -0.05) is 31.7 Å². The maximum Gasteiger partial charge on any atom is 0.124 e. The Kier molecular flexibility index (Phi) is 5.42.